The van der Waals surface area contributed by atoms with Crippen molar-refractivity contribution in [2.24, 2.45) is 0 Å². The Labute approximate surface area is 158 Å². The Kier molecular flexibility index (Phi) is 7.12. The van der Waals surface area contributed by atoms with Gasteiger partial charge >= 0.3 is 0 Å². The van der Waals surface area contributed by atoms with Crippen LogP contribution in [0.1, 0.15) is 12.8 Å². The molecule has 2 heterocycles. The number of hydrogen-bond donors (Lipinski definition) is 2. The highest BCUT2D eigenvalue weighted by atomic mass is 16.5. The molecule has 1 aliphatic rings. The van der Waals surface area contributed by atoms with Gasteiger partial charge in [-0.3, -0.25) is 9.59 Å². The van der Waals surface area contributed by atoms with E-state index in [1.165, 1.54) is 15.6 Å². The Morgan fingerprint density at radius 2 is 1.93 bits per heavy atom. The maximum Gasteiger partial charge on any atom is 0.266 e. The number of ether oxygens (including phenoxy) is 1. The molecule has 1 amide bonds. The number of aromatic nitrogens is 2. The molecule has 0 spiro atoms. The number of quaternary nitrogens is 1. The van der Waals surface area contributed by atoms with Crippen LogP contribution in [0.4, 0.5) is 0 Å². The number of nitrogens with zero attached hydrogens (tertiary/aromatic N) is 2. The molecule has 1 aliphatic heterocycles. The molecule has 0 saturated carbocycles. The fourth-order valence-corrected chi connectivity index (χ4v) is 3.14. The molecule has 1 saturated heterocycles. The normalized spacial score (nSPS) is 14.8. The Morgan fingerprint density at radius 3 is 2.70 bits per heavy atom. The lowest BCUT2D eigenvalue weighted by molar-refractivity contribution is -0.908. The lowest BCUT2D eigenvalue weighted by atomic mass is 10.1. The SMILES string of the molecule is O=C(CCn1nc(-c2ccccc2)ccc1=O)NCCC[NH+]1CCOCC1. The average Bonchev–Trinajstić information content (AvgIpc) is 2.72. The van der Waals surface area contributed by atoms with Gasteiger partial charge in [-0.05, 0) is 6.07 Å². The zero-order valence-corrected chi connectivity index (χ0v) is 15.5. The van der Waals surface area contributed by atoms with Crippen molar-refractivity contribution in [2.75, 3.05) is 39.4 Å². The number of hydrogen-bond acceptors (Lipinski definition) is 4. The molecule has 27 heavy (non-hydrogen) atoms. The summed E-state index contributed by atoms with van der Waals surface area (Å²) in [5.74, 6) is -0.0502. The second-order valence-electron chi connectivity index (χ2n) is 6.71. The molecular weight excluding hydrogens is 344 g/mol. The van der Waals surface area contributed by atoms with E-state index in [-0.39, 0.29) is 24.4 Å². The maximum atomic E-state index is 12.1. The van der Waals surface area contributed by atoms with Crippen LogP contribution >= 0.6 is 0 Å². The van der Waals surface area contributed by atoms with Crippen LogP contribution in [0.3, 0.4) is 0 Å². The van der Waals surface area contributed by atoms with E-state index in [1.54, 1.807) is 6.07 Å². The largest absolute Gasteiger partial charge is 0.370 e. The van der Waals surface area contributed by atoms with Crippen LogP contribution in [0.5, 0.6) is 0 Å². The van der Waals surface area contributed by atoms with E-state index in [0.717, 1.165) is 50.5 Å². The van der Waals surface area contributed by atoms with E-state index in [9.17, 15) is 9.59 Å². The summed E-state index contributed by atoms with van der Waals surface area (Å²) in [5.41, 5.74) is 1.48. The van der Waals surface area contributed by atoms with Crippen LogP contribution in [0, 0.1) is 0 Å². The zero-order valence-electron chi connectivity index (χ0n) is 15.5. The fraction of sp³-hybridized carbons (Fsp3) is 0.450. The van der Waals surface area contributed by atoms with Gasteiger partial charge in [0.1, 0.15) is 13.1 Å². The van der Waals surface area contributed by atoms with Gasteiger partial charge in [-0.15, -0.1) is 0 Å². The Hall–Kier alpha value is -2.51. The van der Waals surface area contributed by atoms with E-state index < -0.39 is 0 Å². The third kappa shape index (κ3) is 6.01. The summed E-state index contributed by atoms with van der Waals surface area (Å²) in [6, 6.07) is 12.9. The lowest BCUT2D eigenvalue weighted by Gasteiger charge is -2.23. The van der Waals surface area contributed by atoms with Crippen molar-refractivity contribution in [3.05, 3.63) is 52.8 Å². The third-order valence-corrected chi connectivity index (χ3v) is 4.72. The van der Waals surface area contributed by atoms with Gasteiger partial charge < -0.3 is 15.0 Å². The van der Waals surface area contributed by atoms with Crippen molar-refractivity contribution in [1.82, 2.24) is 15.1 Å². The predicted octanol–water partition coefficient (Wildman–Crippen LogP) is -0.278. The molecule has 1 aromatic carbocycles. The summed E-state index contributed by atoms with van der Waals surface area (Å²) in [4.78, 5) is 25.6. The van der Waals surface area contributed by atoms with Gasteiger partial charge in [0, 0.05) is 31.0 Å². The van der Waals surface area contributed by atoms with Crippen molar-refractivity contribution < 1.29 is 14.4 Å². The molecular formula is C20H27N4O3+. The zero-order chi connectivity index (χ0) is 18.9. The molecule has 2 aromatic rings. The fourth-order valence-electron chi connectivity index (χ4n) is 3.14. The first-order valence-corrected chi connectivity index (χ1v) is 9.54. The van der Waals surface area contributed by atoms with Gasteiger partial charge in [-0.2, -0.15) is 5.10 Å². The monoisotopic (exact) mass is 371 g/mol. The van der Waals surface area contributed by atoms with E-state index in [1.807, 2.05) is 30.3 Å². The third-order valence-electron chi connectivity index (χ3n) is 4.72. The predicted molar refractivity (Wildman–Crippen MR) is 103 cm³/mol. The average molecular weight is 371 g/mol. The maximum absolute atomic E-state index is 12.1. The molecule has 0 bridgehead atoms. The van der Waals surface area contributed by atoms with Crippen LogP contribution in [-0.2, 0) is 16.1 Å². The summed E-state index contributed by atoms with van der Waals surface area (Å²) in [6.07, 6.45) is 1.19. The standard InChI is InChI=1S/C20H26N4O3/c25-19(21-10-4-11-23-13-15-27-16-14-23)9-12-24-20(26)8-7-18(22-24)17-5-2-1-3-6-17/h1-3,5-8H,4,9-16H2,(H,21,25)/p+1. The second kappa shape index (κ2) is 9.99. The summed E-state index contributed by atoms with van der Waals surface area (Å²) >= 11 is 0. The van der Waals surface area contributed by atoms with Crippen molar-refractivity contribution >= 4 is 5.91 Å². The van der Waals surface area contributed by atoms with Gasteiger partial charge in [0.05, 0.1) is 32.0 Å². The Bertz CT molecular complexity index is 785. The van der Waals surface area contributed by atoms with E-state index in [4.69, 9.17) is 4.74 Å². The number of aryl methyl sites for hydroxylation is 1. The number of morpholine rings is 1. The number of benzene rings is 1. The summed E-state index contributed by atoms with van der Waals surface area (Å²) in [7, 11) is 0. The highest BCUT2D eigenvalue weighted by Gasteiger charge is 2.13. The molecule has 7 nitrogen and oxygen atoms in total. The van der Waals surface area contributed by atoms with Crippen molar-refractivity contribution in [2.45, 2.75) is 19.4 Å². The van der Waals surface area contributed by atoms with Gasteiger partial charge in [0.15, 0.2) is 0 Å². The highest BCUT2D eigenvalue weighted by molar-refractivity contribution is 5.75. The Morgan fingerprint density at radius 1 is 1.15 bits per heavy atom. The molecule has 0 atom stereocenters. The topological polar surface area (TPSA) is 77.7 Å². The lowest BCUT2D eigenvalue weighted by Crippen LogP contribution is -3.14. The van der Waals surface area contributed by atoms with Crippen LogP contribution < -0.4 is 15.8 Å². The first-order chi connectivity index (χ1) is 13.2. The van der Waals surface area contributed by atoms with Crippen LogP contribution in [0.25, 0.3) is 11.3 Å². The summed E-state index contributed by atoms with van der Waals surface area (Å²) in [5, 5.41) is 7.31. The number of rotatable bonds is 8. The number of amides is 1. The summed E-state index contributed by atoms with van der Waals surface area (Å²) in [6.45, 7) is 5.72. The highest BCUT2D eigenvalue weighted by Crippen LogP contribution is 2.13. The Balaban J connectivity index is 1.43. The van der Waals surface area contributed by atoms with Crippen LogP contribution in [0.2, 0.25) is 0 Å². The minimum Gasteiger partial charge on any atom is -0.370 e. The van der Waals surface area contributed by atoms with Crippen molar-refractivity contribution in [1.29, 1.82) is 0 Å². The van der Waals surface area contributed by atoms with Crippen LogP contribution in [-0.4, -0.2) is 55.1 Å². The molecule has 1 aromatic heterocycles. The molecule has 1 fully saturated rings. The van der Waals surface area contributed by atoms with Gasteiger partial charge in [-0.25, -0.2) is 4.68 Å². The van der Waals surface area contributed by atoms with E-state index in [2.05, 4.69) is 10.4 Å². The molecule has 144 valence electrons. The number of nitrogens with one attached hydrogen (secondary N) is 2. The van der Waals surface area contributed by atoms with E-state index >= 15 is 0 Å². The molecule has 3 rings (SSSR count). The first-order valence-electron chi connectivity index (χ1n) is 9.54. The second-order valence-corrected chi connectivity index (χ2v) is 6.71. The van der Waals surface area contributed by atoms with E-state index in [0.29, 0.717) is 6.54 Å². The van der Waals surface area contributed by atoms with Gasteiger partial charge in [0.25, 0.3) is 5.56 Å². The smallest absolute Gasteiger partial charge is 0.266 e. The summed E-state index contributed by atoms with van der Waals surface area (Å²) < 4.78 is 6.70. The minimum absolute atomic E-state index is 0.0502. The van der Waals surface area contributed by atoms with Gasteiger partial charge in [-0.1, -0.05) is 30.3 Å². The molecule has 0 aliphatic carbocycles. The molecule has 7 heteroatoms. The minimum atomic E-state index is -0.196. The molecule has 2 N–H and O–H groups in total. The first kappa shape index (κ1) is 19.3. The van der Waals surface area contributed by atoms with Crippen LogP contribution in [0.15, 0.2) is 47.3 Å². The van der Waals surface area contributed by atoms with Crippen molar-refractivity contribution in [3.63, 3.8) is 0 Å². The van der Waals surface area contributed by atoms with Crippen molar-refractivity contribution in [3.8, 4) is 11.3 Å². The van der Waals surface area contributed by atoms with Gasteiger partial charge in [0.2, 0.25) is 5.91 Å². The number of carbonyl (C=O) groups is 1. The molecule has 0 unspecified atom stereocenters. The number of carbonyl (C=O) groups excluding carboxylic acids is 1. The quantitative estimate of drug-likeness (QED) is 0.626. The molecule has 0 radical (unpaired) electrons.